The van der Waals surface area contributed by atoms with Gasteiger partial charge < -0.3 is 0 Å². The van der Waals surface area contributed by atoms with Crippen LogP contribution in [-0.4, -0.2) is 9.78 Å². The molecule has 19 heavy (non-hydrogen) atoms. The highest BCUT2D eigenvalue weighted by Crippen LogP contribution is 2.27. The maximum atomic E-state index is 4.57. The highest BCUT2D eigenvalue weighted by Gasteiger charge is 2.10. The highest BCUT2D eigenvalue weighted by atomic mass is 32.1. The van der Waals surface area contributed by atoms with E-state index >= 15 is 0 Å². The standard InChI is InChI=1S/C16H12N2S/c1-2-9-18-16(14-8-10-19-12-14)11-15(17-18)13-6-4-3-5-7-13/h3-8,10-12H,1H3. The molecule has 92 valence electrons. The van der Waals surface area contributed by atoms with Crippen LogP contribution in [0.4, 0.5) is 0 Å². The van der Waals surface area contributed by atoms with E-state index in [1.54, 1.807) is 16.0 Å². The van der Waals surface area contributed by atoms with Gasteiger partial charge >= 0.3 is 0 Å². The van der Waals surface area contributed by atoms with Crippen molar-refractivity contribution in [3.05, 3.63) is 53.2 Å². The predicted octanol–water partition coefficient (Wildman–Crippen LogP) is 4.11. The number of rotatable bonds is 2. The number of nitrogens with zero attached hydrogens (tertiary/aromatic N) is 2. The molecule has 0 aliphatic heterocycles. The number of thiophene rings is 1. The van der Waals surface area contributed by atoms with E-state index in [4.69, 9.17) is 0 Å². The molecule has 3 heteroatoms. The molecule has 0 aliphatic rings. The van der Waals surface area contributed by atoms with Crippen molar-refractivity contribution in [1.82, 2.24) is 9.78 Å². The molecule has 0 radical (unpaired) electrons. The first kappa shape index (κ1) is 11.8. The van der Waals surface area contributed by atoms with Crippen molar-refractivity contribution in [2.75, 3.05) is 0 Å². The molecule has 2 aromatic heterocycles. The summed E-state index contributed by atoms with van der Waals surface area (Å²) in [5, 5.41) is 8.75. The summed E-state index contributed by atoms with van der Waals surface area (Å²) in [6.07, 6.45) is 0. The van der Waals surface area contributed by atoms with Crippen LogP contribution in [0.25, 0.3) is 22.5 Å². The third kappa shape index (κ3) is 2.31. The third-order valence-corrected chi connectivity index (χ3v) is 3.50. The average Bonchev–Trinajstić information content (AvgIpc) is 3.09. The van der Waals surface area contributed by atoms with Crippen LogP contribution in [0.15, 0.2) is 53.2 Å². The Morgan fingerprint density at radius 3 is 2.63 bits per heavy atom. The second-order valence-corrected chi connectivity index (χ2v) is 4.85. The van der Waals surface area contributed by atoms with Crippen molar-refractivity contribution in [3.63, 3.8) is 0 Å². The zero-order valence-electron chi connectivity index (χ0n) is 10.5. The minimum atomic E-state index is 0.949. The Labute approximate surface area is 116 Å². The quantitative estimate of drug-likeness (QED) is 0.637. The van der Waals surface area contributed by atoms with Crippen LogP contribution >= 0.6 is 11.3 Å². The molecule has 0 spiro atoms. The first-order chi connectivity index (χ1) is 9.38. The summed E-state index contributed by atoms with van der Waals surface area (Å²) in [7, 11) is 0. The van der Waals surface area contributed by atoms with Crippen molar-refractivity contribution < 1.29 is 0 Å². The smallest absolute Gasteiger partial charge is 0.0941 e. The van der Waals surface area contributed by atoms with Gasteiger partial charge in [-0.05, 0) is 24.4 Å². The maximum Gasteiger partial charge on any atom is 0.0941 e. The molecule has 0 N–H and O–H groups in total. The van der Waals surface area contributed by atoms with Crippen molar-refractivity contribution in [2.24, 2.45) is 0 Å². The molecule has 0 aliphatic carbocycles. The van der Waals surface area contributed by atoms with Crippen LogP contribution < -0.4 is 0 Å². The average molecular weight is 264 g/mol. The topological polar surface area (TPSA) is 17.8 Å². The van der Waals surface area contributed by atoms with Gasteiger partial charge in [0, 0.05) is 22.6 Å². The summed E-state index contributed by atoms with van der Waals surface area (Å²) in [6.45, 7) is 1.82. The lowest BCUT2D eigenvalue weighted by Gasteiger charge is -1.95. The monoisotopic (exact) mass is 264 g/mol. The predicted molar refractivity (Wildman–Crippen MR) is 79.8 cm³/mol. The Hall–Kier alpha value is -2.31. The summed E-state index contributed by atoms with van der Waals surface area (Å²) < 4.78 is 1.75. The second-order valence-electron chi connectivity index (χ2n) is 4.07. The Bertz CT molecular complexity index is 728. The van der Waals surface area contributed by atoms with Gasteiger partial charge in [0.05, 0.1) is 11.4 Å². The molecule has 2 heterocycles. The van der Waals surface area contributed by atoms with Crippen molar-refractivity contribution in [3.8, 4) is 34.5 Å². The molecule has 0 saturated carbocycles. The normalized spacial score (nSPS) is 9.95. The van der Waals surface area contributed by atoms with Gasteiger partial charge in [-0.25, -0.2) is 0 Å². The first-order valence-corrected chi connectivity index (χ1v) is 6.93. The minimum Gasteiger partial charge on any atom is -0.189 e. The van der Waals surface area contributed by atoms with E-state index in [1.807, 2.05) is 25.1 Å². The lowest BCUT2D eigenvalue weighted by Crippen LogP contribution is -1.93. The van der Waals surface area contributed by atoms with Crippen LogP contribution in [0.3, 0.4) is 0 Å². The molecule has 3 aromatic rings. The maximum absolute atomic E-state index is 4.57. The molecule has 0 atom stereocenters. The fourth-order valence-electron chi connectivity index (χ4n) is 1.94. The van der Waals surface area contributed by atoms with Gasteiger partial charge in [0.15, 0.2) is 0 Å². The second kappa shape index (κ2) is 5.13. The lowest BCUT2D eigenvalue weighted by atomic mass is 10.1. The van der Waals surface area contributed by atoms with Crippen LogP contribution in [0, 0.1) is 12.0 Å². The van der Waals surface area contributed by atoms with Gasteiger partial charge in [0.1, 0.15) is 0 Å². The summed E-state index contributed by atoms with van der Waals surface area (Å²) in [5.74, 6) is 2.90. The molecule has 0 fully saturated rings. The SMILES string of the molecule is CC#Cn1nc(-c2ccccc2)cc1-c1ccsc1. The fourth-order valence-corrected chi connectivity index (χ4v) is 2.59. The first-order valence-electron chi connectivity index (χ1n) is 5.99. The Morgan fingerprint density at radius 2 is 1.95 bits per heavy atom. The molecule has 3 rings (SSSR count). The van der Waals surface area contributed by atoms with E-state index in [0.29, 0.717) is 0 Å². The molecule has 0 unspecified atom stereocenters. The lowest BCUT2D eigenvalue weighted by molar-refractivity contribution is 0.928. The molecule has 2 nitrogen and oxygen atoms in total. The number of aromatic nitrogens is 2. The van der Waals surface area contributed by atoms with Crippen LogP contribution in [-0.2, 0) is 0 Å². The molecule has 0 saturated heterocycles. The van der Waals surface area contributed by atoms with Gasteiger partial charge in [-0.3, -0.25) is 0 Å². The largest absolute Gasteiger partial charge is 0.189 e. The summed E-state index contributed by atoms with van der Waals surface area (Å²) >= 11 is 1.68. The molecular weight excluding hydrogens is 252 g/mol. The Kier molecular flexibility index (Phi) is 3.18. The van der Waals surface area contributed by atoms with Gasteiger partial charge in [-0.1, -0.05) is 36.3 Å². The Morgan fingerprint density at radius 1 is 1.11 bits per heavy atom. The zero-order chi connectivity index (χ0) is 13.1. The third-order valence-electron chi connectivity index (χ3n) is 2.81. The van der Waals surface area contributed by atoms with E-state index in [0.717, 1.165) is 22.5 Å². The summed E-state index contributed by atoms with van der Waals surface area (Å²) in [6, 6.07) is 17.3. The van der Waals surface area contributed by atoms with E-state index in [1.165, 1.54) is 0 Å². The van der Waals surface area contributed by atoms with Crippen LogP contribution in [0.5, 0.6) is 0 Å². The minimum absolute atomic E-state index is 0.949. The van der Waals surface area contributed by atoms with E-state index in [-0.39, 0.29) is 0 Å². The number of hydrogen-bond acceptors (Lipinski definition) is 2. The van der Waals surface area contributed by atoms with Crippen LogP contribution in [0.2, 0.25) is 0 Å². The molecule has 1 aromatic carbocycles. The Balaban J connectivity index is 2.14. The summed E-state index contributed by atoms with van der Waals surface area (Å²) in [4.78, 5) is 0. The molecule has 0 bridgehead atoms. The van der Waals surface area contributed by atoms with Crippen LogP contribution in [0.1, 0.15) is 6.92 Å². The number of hydrogen-bond donors (Lipinski definition) is 0. The van der Waals surface area contributed by atoms with E-state index in [9.17, 15) is 0 Å². The highest BCUT2D eigenvalue weighted by molar-refractivity contribution is 7.08. The van der Waals surface area contributed by atoms with Crippen molar-refractivity contribution >= 4 is 11.3 Å². The van der Waals surface area contributed by atoms with Gasteiger partial charge in [0.2, 0.25) is 0 Å². The fraction of sp³-hybridized carbons (Fsp3) is 0.0625. The zero-order valence-corrected chi connectivity index (χ0v) is 11.3. The number of benzene rings is 1. The van der Waals surface area contributed by atoms with Gasteiger partial charge in [-0.2, -0.15) is 21.1 Å². The molecule has 0 amide bonds. The van der Waals surface area contributed by atoms with E-state index in [2.05, 4.69) is 52.1 Å². The van der Waals surface area contributed by atoms with Gasteiger partial charge in [-0.15, -0.1) is 0 Å². The molecular formula is C16H12N2S. The van der Waals surface area contributed by atoms with Crippen molar-refractivity contribution in [2.45, 2.75) is 6.92 Å². The van der Waals surface area contributed by atoms with Crippen molar-refractivity contribution in [1.29, 1.82) is 0 Å². The van der Waals surface area contributed by atoms with E-state index < -0.39 is 0 Å². The van der Waals surface area contributed by atoms with Gasteiger partial charge in [0.25, 0.3) is 0 Å². The summed E-state index contributed by atoms with van der Waals surface area (Å²) in [5.41, 5.74) is 4.25.